The summed E-state index contributed by atoms with van der Waals surface area (Å²) in [4.78, 5) is 7.98. The van der Waals surface area contributed by atoms with E-state index in [9.17, 15) is 4.39 Å². The van der Waals surface area contributed by atoms with E-state index in [1.807, 2.05) is 0 Å². The number of nitrogens with zero attached hydrogens (tertiary/aromatic N) is 2. The van der Waals surface area contributed by atoms with Gasteiger partial charge in [0.1, 0.15) is 6.67 Å². The Bertz CT molecular complexity index is 293. The molecule has 13 heavy (non-hydrogen) atoms. The van der Waals surface area contributed by atoms with Crippen molar-refractivity contribution in [2.45, 2.75) is 19.6 Å². The second-order valence-electron chi connectivity index (χ2n) is 2.82. The first-order valence-electron chi connectivity index (χ1n) is 4.00. The van der Waals surface area contributed by atoms with Crippen LogP contribution < -0.4 is 5.32 Å². The van der Waals surface area contributed by atoms with Crippen LogP contribution in [0.4, 0.5) is 4.39 Å². The maximum absolute atomic E-state index is 12.1. The van der Waals surface area contributed by atoms with Gasteiger partial charge in [-0.1, -0.05) is 0 Å². The first-order valence-corrected chi connectivity index (χ1v) is 4.00. The molecule has 72 valence electrons. The molecule has 0 bridgehead atoms. The molecule has 1 N–H and O–H groups in total. The fourth-order valence-electron chi connectivity index (χ4n) is 1.34. The molecule has 2 rings (SSSR count). The number of nitrogens with one attached hydrogen (secondary N) is 1. The molecule has 3 nitrogen and oxygen atoms in total. The molecule has 0 unspecified atom stereocenters. The molecule has 0 aromatic carbocycles. The van der Waals surface area contributed by atoms with Crippen molar-refractivity contribution >= 4 is 12.4 Å². The van der Waals surface area contributed by atoms with E-state index >= 15 is 0 Å². The molecule has 0 radical (unpaired) electrons. The SMILES string of the molecule is Cl.FCc1ncc2c(n1)CNCC2. The van der Waals surface area contributed by atoms with Gasteiger partial charge in [-0.05, 0) is 18.5 Å². The van der Waals surface area contributed by atoms with Crippen LogP contribution in [0.2, 0.25) is 0 Å². The number of fused-ring (bicyclic) bond motifs is 1. The Kier molecular flexibility index (Phi) is 3.57. The molecule has 1 aromatic rings. The van der Waals surface area contributed by atoms with Gasteiger partial charge in [0.15, 0.2) is 5.82 Å². The van der Waals surface area contributed by atoms with Crippen molar-refractivity contribution in [1.29, 1.82) is 0 Å². The maximum atomic E-state index is 12.1. The molecule has 0 aliphatic carbocycles. The van der Waals surface area contributed by atoms with Crippen LogP contribution in [0.1, 0.15) is 17.1 Å². The Labute approximate surface area is 82.2 Å². The van der Waals surface area contributed by atoms with Crippen LogP contribution in [0.3, 0.4) is 0 Å². The van der Waals surface area contributed by atoms with E-state index in [0.29, 0.717) is 0 Å². The summed E-state index contributed by atoms with van der Waals surface area (Å²) in [7, 11) is 0. The van der Waals surface area contributed by atoms with Crippen molar-refractivity contribution in [3.8, 4) is 0 Å². The lowest BCUT2D eigenvalue weighted by molar-refractivity contribution is 0.461. The van der Waals surface area contributed by atoms with E-state index in [2.05, 4.69) is 15.3 Å². The molecule has 1 aliphatic heterocycles. The number of hydrogen-bond acceptors (Lipinski definition) is 3. The number of halogens is 2. The average molecular weight is 204 g/mol. The zero-order valence-electron chi connectivity index (χ0n) is 7.09. The highest BCUT2D eigenvalue weighted by Crippen LogP contribution is 2.10. The molecule has 0 amide bonds. The summed E-state index contributed by atoms with van der Waals surface area (Å²) >= 11 is 0. The van der Waals surface area contributed by atoms with Crippen LogP contribution in [0.5, 0.6) is 0 Å². The van der Waals surface area contributed by atoms with Crippen molar-refractivity contribution in [1.82, 2.24) is 15.3 Å². The Morgan fingerprint density at radius 1 is 1.54 bits per heavy atom. The van der Waals surface area contributed by atoms with E-state index in [4.69, 9.17) is 0 Å². The van der Waals surface area contributed by atoms with Gasteiger partial charge >= 0.3 is 0 Å². The Morgan fingerprint density at radius 2 is 2.38 bits per heavy atom. The quantitative estimate of drug-likeness (QED) is 0.741. The summed E-state index contributed by atoms with van der Waals surface area (Å²) in [6.45, 7) is 1.13. The van der Waals surface area contributed by atoms with Crippen molar-refractivity contribution in [2.75, 3.05) is 6.54 Å². The first kappa shape index (κ1) is 10.3. The predicted molar refractivity (Wildman–Crippen MR) is 49.5 cm³/mol. The van der Waals surface area contributed by atoms with Gasteiger partial charge in [-0.2, -0.15) is 0 Å². The molecule has 1 aromatic heterocycles. The predicted octanol–water partition coefficient (Wildman–Crippen LogP) is 1.01. The average Bonchev–Trinajstić information content (AvgIpc) is 2.17. The maximum Gasteiger partial charge on any atom is 0.159 e. The van der Waals surface area contributed by atoms with E-state index in [-0.39, 0.29) is 18.2 Å². The number of hydrogen-bond donors (Lipinski definition) is 1. The van der Waals surface area contributed by atoms with Crippen LogP contribution in [0, 0.1) is 0 Å². The van der Waals surface area contributed by atoms with Crippen molar-refractivity contribution in [3.63, 3.8) is 0 Å². The molecule has 1 aliphatic rings. The topological polar surface area (TPSA) is 37.8 Å². The number of alkyl halides is 1. The molecule has 0 saturated heterocycles. The molecule has 2 heterocycles. The summed E-state index contributed by atoms with van der Waals surface area (Å²) < 4.78 is 12.1. The van der Waals surface area contributed by atoms with E-state index in [0.717, 1.165) is 30.8 Å². The molecule has 0 spiro atoms. The monoisotopic (exact) mass is 203 g/mol. The van der Waals surface area contributed by atoms with Gasteiger partial charge in [-0.25, -0.2) is 14.4 Å². The highest BCUT2D eigenvalue weighted by molar-refractivity contribution is 5.85. The fraction of sp³-hybridized carbons (Fsp3) is 0.500. The van der Waals surface area contributed by atoms with E-state index in [1.165, 1.54) is 0 Å². The Balaban J connectivity index is 0.000000845. The minimum absolute atomic E-state index is 0. The van der Waals surface area contributed by atoms with Crippen LogP contribution in [0.25, 0.3) is 0 Å². The standard InChI is InChI=1S/C8H10FN3.ClH/c9-3-8-11-4-6-1-2-10-5-7(6)12-8;/h4,10H,1-3,5H2;1H. The smallest absolute Gasteiger partial charge is 0.159 e. The molecular formula is C8H11ClFN3. The van der Waals surface area contributed by atoms with Gasteiger partial charge < -0.3 is 5.32 Å². The lowest BCUT2D eigenvalue weighted by Crippen LogP contribution is -2.25. The second-order valence-corrected chi connectivity index (χ2v) is 2.82. The minimum Gasteiger partial charge on any atom is -0.311 e. The summed E-state index contributed by atoms with van der Waals surface area (Å²) in [6.07, 6.45) is 2.68. The summed E-state index contributed by atoms with van der Waals surface area (Å²) in [5, 5.41) is 3.18. The third-order valence-corrected chi connectivity index (χ3v) is 1.99. The van der Waals surface area contributed by atoms with Gasteiger partial charge in [0.25, 0.3) is 0 Å². The Hall–Kier alpha value is -0.740. The van der Waals surface area contributed by atoms with Gasteiger partial charge in [-0.15, -0.1) is 12.4 Å². The zero-order valence-corrected chi connectivity index (χ0v) is 7.90. The normalized spacial score (nSPS) is 14.5. The highest BCUT2D eigenvalue weighted by Gasteiger charge is 2.10. The van der Waals surface area contributed by atoms with Gasteiger partial charge in [0.2, 0.25) is 0 Å². The van der Waals surface area contributed by atoms with Crippen LogP contribution >= 0.6 is 12.4 Å². The molecule has 0 atom stereocenters. The Morgan fingerprint density at radius 3 is 3.15 bits per heavy atom. The summed E-state index contributed by atoms with van der Waals surface area (Å²) in [6, 6.07) is 0. The van der Waals surface area contributed by atoms with Gasteiger partial charge in [0, 0.05) is 12.7 Å². The molecular weight excluding hydrogens is 193 g/mol. The zero-order chi connectivity index (χ0) is 8.39. The van der Waals surface area contributed by atoms with Crippen LogP contribution in [-0.2, 0) is 19.6 Å². The van der Waals surface area contributed by atoms with Crippen molar-refractivity contribution in [2.24, 2.45) is 0 Å². The minimum atomic E-state index is -0.576. The molecule has 0 saturated carbocycles. The molecule has 5 heteroatoms. The van der Waals surface area contributed by atoms with Crippen LogP contribution in [-0.4, -0.2) is 16.5 Å². The lowest BCUT2D eigenvalue weighted by Gasteiger charge is -2.15. The summed E-state index contributed by atoms with van der Waals surface area (Å²) in [5.74, 6) is 0.289. The summed E-state index contributed by atoms with van der Waals surface area (Å²) in [5.41, 5.74) is 2.09. The van der Waals surface area contributed by atoms with Crippen LogP contribution in [0.15, 0.2) is 6.20 Å². The first-order chi connectivity index (χ1) is 5.90. The van der Waals surface area contributed by atoms with E-state index in [1.54, 1.807) is 6.20 Å². The number of rotatable bonds is 1. The fourth-order valence-corrected chi connectivity index (χ4v) is 1.34. The second kappa shape index (κ2) is 4.48. The van der Waals surface area contributed by atoms with Gasteiger partial charge in [0.05, 0.1) is 5.69 Å². The third kappa shape index (κ3) is 2.14. The van der Waals surface area contributed by atoms with Gasteiger partial charge in [-0.3, -0.25) is 0 Å². The lowest BCUT2D eigenvalue weighted by atomic mass is 10.1. The largest absolute Gasteiger partial charge is 0.311 e. The highest BCUT2D eigenvalue weighted by atomic mass is 35.5. The van der Waals surface area contributed by atoms with E-state index < -0.39 is 6.67 Å². The third-order valence-electron chi connectivity index (χ3n) is 1.99. The van der Waals surface area contributed by atoms with Crippen molar-refractivity contribution in [3.05, 3.63) is 23.3 Å². The molecule has 0 fully saturated rings. The number of aromatic nitrogens is 2. The van der Waals surface area contributed by atoms with Crippen molar-refractivity contribution < 1.29 is 4.39 Å².